The van der Waals surface area contributed by atoms with E-state index in [1.807, 2.05) is 0 Å². The molecule has 2 fully saturated rings. The summed E-state index contributed by atoms with van der Waals surface area (Å²) in [5, 5.41) is 0. The number of fused-ring (bicyclic) bond motifs is 2. The SMILES string of the molecule is NCC1(CC2COc3ccccc32)CC2CC2C1. The maximum Gasteiger partial charge on any atom is 0.122 e. The Morgan fingerprint density at radius 3 is 2.78 bits per heavy atom. The van der Waals surface area contributed by atoms with Crippen LogP contribution >= 0.6 is 0 Å². The van der Waals surface area contributed by atoms with Crippen LogP contribution in [0, 0.1) is 17.3 Å². The average molecular weight is 243 g/mol. The van der Waals surface area contributed by atoms with E-state index < -0.39 is 0 Å². The van der Waals surface area contributed by atoms with E-state index in [1.165, 1.54) is 31.2 Å². The van der Waals surface area contributed by atoms with Crippen molar-refractivity contribution in [1.82, 2.24) is 0 Å². The largest absolute Gasteiger partial charge is 0.493 e. The lowest BCUT2D eigenvalue weighted by atomic mass is 9.74. The van der Waals surface area contributed by atoms with Gasteiger partial charge in [0.25, 0.3) is 0 Å². The molecule has 2 aliphatic carbocycles. The van der Waals surface area contributed by atoms with Crippen LogP contribution in [0.5, 0.6) is 5.75 Å². The van der Waals surface area contributed by atoms with Crippen LogP contribution in [0.2, 0.25) is 0 Å². The molecule has 0 radical (unpaired) electrons. The van der Waals surface area contributed by atoms with E-state index in [0.29, 0.717) is 11.3 Å². The first-order chi connectivity index (χ1) is 8.80. The van der Waals surface area contributed by atoms with Crippen LogP contribution < -0.4 is 10.5 Å². The Morgan fingerprint density at radius 1 is 1.22 bits per heavy atom. The second-order valence-corrected chi connectivity index (χ2v) is 6.62. The molecule has 18 heavy (non-hydrogen) atoms. The van der Waals surface area contributed by atoms with E-state index in [0.717, 1.165) is 30.7 Å². The van der Waals surface area contributed by atoms with Crippen molar-refractivity contribution in [2.24, 2.45) is 23.0 Å². The number of ether oxygens (including phenoxy) is 1. The van der Waals surface area contributed by atoms with Gasteiger partial charge in [0.05, 0.1) is 6.61 Å². The third-order valence-corrected chi connectivity index (χ3v) is 5.37. The molecule has 3 aliphatic rings. The highest BCUT2D eigenvalue weighted by Gasteiger charge is 2.53. The third kappa shape index (κ3) is 1.58. The van der Waals surface area contributed by atoms with Gasteiger partial charge in [-0.25, -0.2) is 0 Å². The number of hydrogen-bond acceptors (Lipinski definition) is 2. The maximum atomic E-state index is 6.11. The van der Waals surface area contributed by atoms with Crippen LogP contribution in [-0.2, 0) is 0 Å². The second-order valence-electron chi connectivity index (χ2n) is 6.62. The summed E-state index contributed by atoms with van der Waals surface area (Å²) in [6.45, 7) is 1.72. The molecule has 0 saturated heterocycles. The molecular weight excluding hydrogens is 222 g/mol. The lowest BCUT2D eigenvalue weighted by Crippen LogP contribution is -2.31. The molecule has 1 aromatic carbocycles. The van der Waals surface area contributed by atoms with Crippen LogP contribution in [0.4, 0.5) is 0 Å². The van der Waals surface area contributed by atoms with E-state index in [9.17, 15) is 0 Å². The first kappa shape index (κ1) is 10.9. The molecule has 3 atom stereocenters. The fraction of sp³-hybridized carbons (Fsp3) is 0.625. The Labute approximate surface area is 109 Å². The van der Waals surface area contributed by atoms with Crippen molar-refractivity contribution < 1.29 is 4.74 Å². The van der Waals surface area contributed by atoms with Gasteiger partial charge in [0.2, 0.25) is 0 Å². The highest BCUT2D eigenvalue weighted by atomic mass is 16.5. The summed E-state index contributed by atoms with van der Waals surface area (Å²) in [6, 6.07) is 8.51. The van der Waals surface area contributed by atoms with Crippen LogP contribution in [0.3, 0.4) is 0 Å². The smallest absolute Gasteiger partial charge is 0.122 e. The molecule has 0 spiro atoms. The summed E-state index contributed by atoms with van der Waals surface area (Å²) < 4.78 is 5.81. The van der Waals surface area contributed by atoms with Gasteiger partial charge in [0, 0.05) is 11.5 Å². The van der Waals surface area contributed by atoms with Gasteiger partial charge in [-0.3, -0.25) is 0 Å². The number of benzene rings is 1. The summed E-state index contributed by atoms with van der Waals surface area (Å²) in [6.07, 6.45) is 5.44. The molecule has 3 unspecified atom stereocenters. The van der Waals surface area contributed by atoms with Gasteiger partial charge in [-0.2, -0.15) is 0 Å². The van der Waals surface area contributed by atoms with Crippen molar-refractivity contribution in [2.75, 3.05) is 13.2 Å². The maximum absolute atomic E-state index is 6.11. The van der Waals surface area contributed by atoms with Crippen molar-refractivity contribution in [1.29, 1.82) is 0 Å². The zero-order valence-electron chi connectivity index (χ0n) is 10.8. The number of hydrogen-bond donors (Lipinski definition) is 1. The molecule has 0 amide bonds. The predicted molar refractivity (Wildman–Crippen MR) is 71.6 cm³/mol. The van der Waals surface area contributed by atoms with Crippen molar-refractivity contribution in [3.05, 3.63) is 29.8 Å². The summed E-state index contributed by atoms with van der Waals surface area (Å²) in [5.41, 5.74) is 7.93. The van der Waals surface area contributed by atoms with Gasteiger partial charge < -0.3 is 10.5 Å². The highest BCUT2D eigenvalue weighted by Crippen LogP contribution is 2.62. The van der Waals surface area contributed by atoms with Crippen molar-refractivity contribution in [3.8, 4) is 5.75 Å². The molecule has 2 heteroatoms. The first-order valence-electron chi connectivity index (χ1n) is 7.21. The molecule has 2 N–H and O–H groups in total. The van der Waals surface area contributed by atoms with Gasteiger partial charge in [0.15, 0.2) is 0 Å². The van der Waals surface area contributed by atoms with Gasteiger partial charge in [-0.1, -0.05) is 18.2 Å². The summed E-state index contributed by atoms with van der Waals surface area (Å²) in [7, 11) is 0. The first-order valence-corrected chi connectivity index (χ1v) is 7.21. The molecule has 96 valence electrons. The monoisotopic (exact) mass is 243 g/mol. The number of rotatable bonds is 3. The Balaban J connectivity index is 1.55. The number of para-hydroxylation sites is 1. The van der Waals surface area contributed by atoms with E-state index in [2.05, 4.69) is 24.3 Å². The molecule has 4 rings (SSSR count). The van der Waals surface area contributed by atoms with Gasteiger partial charge >= 0.3 is 0 Å². The topological polar surface area (TPSA) is 35.2 Å². The van der Waals surface area contributed by atoms with Gasteiger partial charge in [-0.05, 0) is 55.5 Å². The lowest BCUT2D eigenvalue weighted by molar-refractivity contribution is 0.212. The zero-order valence-corrected chi connectivity index (χ0v) is 10.8. The normalized spacial score (nSPS) is 40.2. The minimum Gasteiger partial charge on any atom is -0.493 e. The minimum atomic E-state index is 0.416. The average Bonchev–Trinajstić information content (AvgIpc) is 2.86. The number of nitrogens with two attached hydrogens (primary N) is 1. The van der Waals surface area contributed by atoms with E-state index in [-0.39, 0.29) is 0 Å². The zero-order chi connectivity index (χ0) is 12.2. The standard InChI is InChI=1S/C16H21NO/c17-10-16(6-11-5-12(11)7-16)8-13-9-18-15-4-2-1-3-14(13)15/h1-4,11-13H,5-10,17H2. The summed E-state index contributed by atoms with van der Waals surface area (Å²) in [4.78, 5) is 0. The molecule has 1 aromatic rings. The molecule has 0 aromatic heterocycles. The fourth-order valence-corrected chi connectivity index (χ4v) is 4.34. The quantitative estimate of drug-likeness (QED) is 0.886. The van der Waals surface area contributed by atoms with Crippen molar-refractivity contribution in [2.45, 2.75) is 31.6 Å². The molecule has 2 nitrogen and oxygen atoms in total. The Bertz CT molecular complexity index is 460. The van der Waals surface area contributed by atoms with Gasteiger partial charge in [-0.15, -0.1) is 0 Å². The lowest BCUT2D eigenvalue weighted by Gasteiger charge is -2.31. The Morgan fingerprint density at radius 2 is 2.00 bits per heavy atom. The van der Waals surface area contributed by atoms with Crippen LogP contribution in [0.1, 0.15) is 37.2 Å². The molecule has 1 heterocycles. The molecule has 0 bridgehead atoms. The molecule has 2 saturated carbocycles. The van der Waals surface area contributed by atoms with Crippen molar-refractivity contribution >= 4 is 0 Å². The predicted octanol–water partition coefficient (Wildman–Crippen LogP) is 2.93. The summed E-state index contributed by atoms with van der Waals surface area (Å²) >= 11 is 0. The Hall–Kier alpha value is -1.02. The van der Waals surface area contributed by atoms with E-state index in [1.54, 1.807) is 0 Å². The van der Waals surface area contributed by atoms with Crippen molar-refractivity contribution in [3.63, 3.8) is 0 Å². The third-order valence-electron chi connectivity index (χ3n) is 5.37. The highest BCUT2D eigenvalue weighted by molar-refractivity contribution is 5.39. The van der Waals surface area contributed by atoms with Crippen LogP contribution in [0.15, 0.2) is 24.3 Å². The molecular formula is C16H21NO. The van der Waals surface area contributed by atoms with Gasteiger partial charge in [0.1, 0.15) is 5.75 Å². The van der Waals surface area contributed by atoms with E-state index in [4.69, 9.17) is 10.5 Å². The molecule has 1 aliphatic heterocycles. The van der Waals surface area contributed by atoms with Crippen LogP contribution in [0.25, 0.3) is 0 Å². The summed E-state index contributed by atoms with van der Waals surface area (Å²) in [5.74, 6) is 3.68. The van der Waals surface area contributed by atoms with Crippen LogP contribution in [-0.4, -0.2) is 13.2 Å². The minimum absolute atomic E-state index is 0.416. The van der Waals surface area contributed by atoms with E-state index >= 15 is 0 Å². The second kappa shape index (κ2) is 3.74. The Kier molecular flexibility index (Phi) is 2.25. The fourth-order valence-electron chi connectivity index (χ4n) is 4.34.